The summed E-state index contributed by atoms with van der Waals surface area (Å²) >= 11 is 6.83. The van der Waals surface area contributed by atoms with Gasteiger partial charge in [0.15, 0.2) is 10.9 Å². The van der Waals surface area contributed by atoms with Crippen LogP contribution in [-0.2, 0) is 14.6 Å². The van der Waals surface area contributed by atoms with Crippen molar-refractivity contribution >= 4 is 40.6 Å². The Morgan fingerprint density at radius 1 is 1.14 bits per heavy atom. The van der Waals surface area contributed by atoms with E-state index in [-0.39, 0.29) is 26.8 Å². The molecule has 8 nitrogen and oxygen atoms in total. The maximum atomic E-state index is 12.9. The second kappa shape index (κ2) is 9.15. The number of nitrogens with one attached hydrogen (secondary N) is 1. The fraction of sp³-hybridized carbons (Fsp3) is 0.0625. The van der Waals surface area contributed by atoms with Gasteiger partial charge in [-0.25, -0.2) is 13.4 Å². The van der Waals surface area contributed by atoms with Crippen molar-refractivity contribution in [3.05, 3.63) is 76.9 Å². The lowest BCUT2D eigenvalue weighted by Crippen LogP contribution is -2.32. The molecule has 0 bridgehead atoms. The molecule has 12 heteroatoms. The summed E-state index contributed by atoms with van der Waals surface area (Å²) in [6.45, 7) is 0. The first-order valence-corrected chi connectivity index (χ1v) is 11.9. The van der Waals surface area contributed by atoms with E-state index in [0.29, 0.717) is 0 Å². The molecule has 1 aromatic carbocycles. The number of quaternary nitrogens is 1. The van der Waals surface area contributed by atoms with Crippen LogP contribution in [0.5, 0.6) is 5.75 Å². The van der Waals surface area contributed by atoms with Crippen molar-refractivity contribution in [1.29, 1.82) is 0 Å². The van der Waals surface area contributed by atoms with E-state index >= 15 is 0 Å². The van der Waals surface area contributed by atoms with Crippen molar-refractivity contribution in [2.45, 2.75) is 9.99 Å². The average molecular weight is 462 g/mol. The first-order valence-electron chi connectivity index (χ1n) is 7.51. The third-order valence-electron chi connectivity index (χ3n) is 3.41. The molecule has 2 atom stereocenters. The van der Waals surface area contributed by atoms with Crippen molar-refractivity contribution in [2.75, 3.05) is 0 Å². The molecular formula is C16H17ClN3O5PS2. The van der Waals surface area contributed by atoms with Crippen LogP contribution < -0.4 is 20.3 Å². The van der Waals surface area contributed by atoms with Gasteiger partial charge in [-0.3, -0.25) is 4.57 Å². The lowest BCUT2D eigenvalue weighted by molar-refractivity contribution is -0.194. The van der Waals surface area contributed by atoms with Crippen LogP contribution in [0.1, 0.15) is 11.3 Å². The zero-order valence-corrected chi connectivity index (χ0v) is 17.8. The minimum Gasteiger partial charge on any atom is -0.768 e. The van der Waals surface area contributed by atoms with E-state index in [0.717, 1.165) is 11.3 Å². The molecule has 2 aromatic heterocycles. The SMILES string of the molecule is O=P([O-])(Oc1cccnc1Cl)C(NS(=O)(=O)c1cccs1)c1ccccc1.[NH4+]. The highest BCUT2D eigenvalue weighted by Gasteiger charge is 2.32. The summed E-state index contributed by atoms with van der Waals surface area (Å²) in [6.07, 6.45) is 1.37. The topological polar surface area (TPSA) is 145 Å². The zero-order chi connectivity index (χ0) is 19.5. The highest BCUT2D eigenvalue weighted by atomic mass is 35.5. The number of nitrogens with zero attached hydrogens (tertiary/aromatic N) is 1. The predicted octanol–water partition coefficient (Wildman–Crippen LogP) is 3.78. The van der Waals surface area contributed by atoms with Crippen molar-refractivity contribution in [3.63, 3.8) is 0 Å². The summed E-state index contributed by atoms with van der Waals surface area (Å²) in [5.41, 5.74) is 0.205. The molecule has 0 spiro atoms. The van der Waals surface area contributed by atoms with Crippen LogP contribution >= 0.6 is 30.5 Å². The molecule has 0 amide bonds. The fourth-order valence-electron chi connectivity index (χ4n) is 2.20. The van der Waals surface area contributed by atoms with Gasteiger partial charge in [0.2, 0.25) is 7.60 Å². The Balaban J connectivity index is 0.00000280. The van der Waals surface area contributed by atoms with Crippen molar-refractivity contribution < 1.29 is 22.4 Å². The average Bonchev–Trinajstić information content (AvgIpc) is 3.18. The standard InChI is InChI=1S/C16H14ClN2O5PS2.H3N/c17-15-13(8-4-10-18-15)24-25(20,21)16(12-6-2-1-3-7-12)19-27(22,23)14-9-5-11-26-14;/h1-11,16,19H,(H,20,21);1H3. The summed E-state index contributed by atoms with van der Waals surface area (Å²) < 4.78 is 45.4. The lowest BCUT2D eigenvalue weighted by atomic mass is 10.2. The van der Waals surface area contributed by atoms with E-state index < -0.39 is 23.4 Å². The molecule has 2 heterocycles. The van der Waals surface area contributed by atoms with Crippen LogP contribution in [0.4, 0.5) is 0 Å². The number of halogens is 1. The molecule has 0 saturated carbocycles. The number of hydrogen-bond donors (Lipinski definition) is 2. The largest absolute Gasteiger partial charge is 0.768 e. The molecule has 0 aliphatic heterocycles. The number of aromatic nitrogens is 1. The zero-order valence-electron chi connectivity index (χ0n) is 14.6. The summed E-state index contributed by atoms with van der Waals surface area (Å²) in [5.74, 6) is -1.84. The third-order valence-corrected chi connectivity index (χ3v) is 8.20. The van der Waals surface area contributed by atoms with E-state index in [9.17, 15) is 17.9 Å². The van der Waals surface area contributed by atoms with E-state index in [1.807, 2.05) is 0 Å². The van der Waals surface area contributed by atoms with Crippen molar-refractivity contribution in [2.24, 2.45) is 0 Å². The molecule has 0 saturated heterocycles. The summed E-state index contributed by atoms with van der Waals surface area (Å²) in [6, 6.07) is 13.6. The van der Waals surface area contributed by atoms with E-state index in [4.69, 9.17) is 16.1 Å². The number of hydrogen-bond acceptors (Lipinski definition) is 7. The van der Waals surface area contributed by atoms with Gasteiger partial charge in [-0.1, -0.05) is 48.0 Å². The summed E-state index contributed by atoms with van der Waals surface area (Å²) in [7, 11) is -8.91. The molecule has 150 valence electrons. The number of benzene rings is 1. The van der Waals surface area contributed by atoms with Crippen LogP contribution in [0.2, 0.25) is 5.15 Å². The van der Waals surface area contributed by atoms with Crippen LogP contribution in [0.15, 0.2) is 70.4 Å². The smallest absolute Gasteiger partial charge is 0.251 e. The molecule has 0 aliphatic carbocycles. The summed E-state index contributed by atoms with van der Waals surface area (Å²) in [4.78, 5) is 16.6. The first-order chi connectivity index (χ1) is 12.8. The van der Waals surface area contributed by atoms with Crippen molar-refractivity contribution in [3.8, 4) is 5.75 Å². The third kappa shape index (κ3) is 5.18. The van der Waals surface area contributed by atoms with Crippen LogP contribution in [0.3, 0.4) is 0 Å². The van der Waals surface area contributed by atoms with Crippen LogP contribution in [-0.4, -0.2) is 13.4 Å². The number of pyridine rings is 1. The number of thiophene rings is 1. The Bertz CT molecular complexity index is 1060. The van der Waals surface area contributed by atoms with Gasteiger partial charge in [0.05, 0.1) is 0 Å². The quantitative estimate of drug-likeness (QED) is 0.404. The monoisotopic (exact) mass is 461 g/mol. The minimum absolute atomic E-state index is 0. The molecule has 5 N–H and O–H groups in total. The molecular weight excluding hydrogens is 445 g/mol. The van der Waals surface area contributed by atoms with E-state index in [2.05, 4.69) is 9.71 Å². The molecule has 2 unspecified atom stereocenters. The van der Waals surface area contributed by atoms with Gasteiger partial charge in [-0.15, -0.1) is 11.3 Å². The van der Waals surface area contributed by atoms with E-state index in [1.54, 1.807) is 29.6 Å². The van der Waals surface area contributed by atoms with Crippen molar-refractivity contribution in [1.82, 2.24) is 15.9 Å². The Kier molecular flexibility index (Phi) is 7.35. The van der Waals surface area contributed by atoms with Gasteiger partial charge in [0.1, 0.15) is 9.99 Å². The second-order valence-corrected chi connectivity index (χ2v) is 10.3. The van der Waals surface area contributed by atoms with Gasteiger partial charge < -0.3 is 15.6 Å². The highest BCUT2D eigenvalue weighted by Crippen LogP contribution is 2.52. The van der Waals surface area contributed by atoms with Gasteiger partial charge in [-0.2, -0.15) is 4.72 Å². The van der Waals surface area contributed by atoms with Crippen LogP contribution in [0.25, 0.3) is 0 Å². The minimum atomic E-state index is -4.83. The Labute approximate surface area is 171 Å². The number of rotatable bonds is 7. The summed E-state index contributed by atoms with van der Waals surface area (Å²) in [5, 5.41) is 1.43. The van der Waals surface area contributed by atoms with E-state index in [1.165, 1.54) is 36.5 Å². The molecule has 0 radical (unpaired) electrons. The normalized spacial score (nSPS) is 14.5. The number of sulfonamides is 1. The Morgan fingerprint density at radius 3 is 2.46 bits per heavy atom. The maximum Gasteiger partial charge on any atom is 0.251 e. The Morgan fingerprint density at radius 2 is 1.86 bits per heavy atom. The van der Waals surface area contributed by atoms with Gasteiger partial charge in [0.25, 0.3) is 10.0 Å². The van der Waals surface area contributed by atoms with Gasteiger partial charge in [-0.05, 0) is 29.1 Å². The predicted molar refractivity (Wildman–Crippen MR) is 107 cm³/mol. The van der Waals surface area contributed by atoms with Gasteiger partial charge >= 0.3 is 0 Å². The lowest BCUT2D eigenvalue weighted by Gasteiger charge is -2.32. The highest BCUT2D eigenvalue weighted by molar-refractivity contribution is 7.91. The molecule has 3 rings (SSSR count). The van der Waals surface area contributed by atoms with Crippen LogP contribution in [0, 0.1) is 0 Å². The molecule has 28 heavy (non-hydrogen) atoms. The second-order valence-electron chi connectivity index (χ2n) is 5.29. The molecule has 0 aliphatic rings. The van der Waals surface area contributed by atoms with Gasteiger partial charge in [0, 0.05) is 6.20 Å². The Hall–Kier alpha value is -1.78. The molecule has 3 aromatic rings. The molecule has 0 fully saturated rings. The maximum absolute atomic E-state index is 12.9. The fourth-order valence-corrected chi connectivity index (χ4v) is 6.48. The first kappa shape index (κ1) is 22.5.